The van der Waals surface area contributed by atoms with Crippen molar-refractivity contribution in [2.24, 2.45) is 12.8 Å². The summed E-state index contributed by atoms with van der Waals surface area (Å²) >= 11 is 0. The molecule has 7 heteroatoms. The van der Waals surface area contributed by atoms with Crippen molar-refractivity contribution in [3.05, 3.63) is 95.3 Å². The van der Waals surface area contributed by atoms with E-state index in [1.54, 1.807) is 0 Å². The zero-order chi connectivity index (χ0) is 26.4. The van der Waals surface area contributed by atoms with E-state index in [2.05, 4.69) is 27.7 Å². The smallest absolute Gasteiger partial charge is 0.227 e. The molecule has 7 nitrogen and oxygen atoms in total. The van der Waals surface area contributed by atoms with Crippen molar-refractivity contribution in [3.63, 3.8) is 0 Å². The van der Waals surface area contributed by atoms with Crippen LogP contribution in [0.25, 0.3) is 11.0 Å². The summed E-state index contributed by atoms with van der Waals surface area (Å²) in [6.07, 6.45) is 2.95. The number of anilines is 1. The predicted octanol–water partition coefficient (Wildman–Crippen LogP) is 4.52. The maximum Gasteiger partial charge on any atom is 0.227 e. The quantitative estimate of drug-likeness (QED) is 0.236. The van der Waals surface area contributed by atoms with Gasteiger partial charge >= 0.3 is 0 Å². The number of hydrogen-bond acceptors (Lipinski definition) is 4. The number of carbonyl (C=O) groups is 1. The fourth-order valence-corrected chi connectivity index (χ4v) is 4.51. The second kappa shape index (κ2) is 11.8. The number of nitrogens with one attached hydrogen (secondary N) is 1. The molecule has 192 valence electrons. The van der Waals surface area contributed by atoms with Gasteiger partial charge in [0.2, 0.25) is 5.91 Å². The minimum atomic E-state index is 0.0789. The average molecular weight is 497 g/mol. The number of nitrogen functional groups attached to an aromatic ring is 1. The lowest BCUT2D eigenvalue weighted by Gasteiger charge is -2.23. The Labute approximate surface area is 219 Å². The number of nitrogens with two attached hydrogens (primary N) is 1. The Morgan fingerprint density at radius 3 is 2.38 bits per heavy atom. The number of rotatable bonds is 11. The second-order valence-corrected chi connectivity index (χ2v) is 9.74. The number of aromatic nitrogens is 2. The number of carbonyl (C=O) groups excluding carboxylic acids is 1. The maximum absolute atomic E-state index is 13.3. The van der Waals surface area contributed by atoms with Crippen molar-refractivity contribution in [2.45, 2.75) is 32.2 Å². The first-order valence-electron chi connectivity index (χ1n) is 12.7. The largest absolute Gasteiger partial charge is 0.384 e. The topological polar surface area (TPSA) is 91.2 Å². The van der Waals surface area contributed by atoms with Crippen molar-refractivity contribution >= 4 is 28.5 Å². The van der Waals surface area contributed by atoms with Crippen molar-refractivity contribution in [3.8, 4) is 0 Å². The number of nitrogens with zero attached hydrogens (tertiary/aromatic N) is 4. The lowest BCUT2D eigenvalue weighted by molar-refractivity contribution is -0.118. The van der Waals surface area contributed by atoms with Gasteiger partial charge in [-0.3, -0.25) is 10.2 Å². The van der Waals surface area contributed by atoms with Gasteiger partial charge in [0.05, 0.1) is 17.6 Å². The lowest BCUT2D eigenvalue weighted by Crippen LogP contribution is -2.31. The molecule has 4 aromatic rings. The molecule has 3 aromatic carbocycles. The zero-order valence-corrected chi connectivity index (χ0v) is 21.9. The summed E-state index contributed by atoms with van der Waals surface area (Å²) in [7, 11) is 6.09. The van der Waals surface area contributed by atoms with Gasteiger partial charge in [0.15, 0.2) is 0 Å². The summed E-state index contributed by atoms with van der Waals surface area (Å²) in [5.41, 5.74) is 11.4. The number of amidine groups is 1. The van der Waals surface area contributed by atoms with Crippen LogP contribution in [0.15, 0.2) is 72.8 Å². The average Bonchev–Trinajstić information content (AvgIpc) is 3.21. The van der Waals surface area contributed by atoms with Crippen LogP contribution in [0.1, 0.15) is 35.4 Å². The molecule has 0 aliphatic rings. The van der Waals surface area contributed by atoms with E-state index in [9.17, 15) is 4.79 Å². The molecule has 0 unspecified atom stereocenters. The van der Waals surface area contributed by atoms with Gasteiger partial charge in [-0.15, -0.1) is 0 Å². The number of amides is 1. The number of benzene rings is 3. The molecular formula is C30H36N6O. The molecule has 1 heterocycles. The Morgan fingerprint density at radius 1 is 0.973 bits per heavy atom. The van der Waals surface area contributed by atoms with E-state index in [4.69, 9.17) is 16.1 Å². The molecule has 0 atom stereocenters. The van der Waals surface area contributed by atoms with Gasteiger partial charge < -0.3 is 20.1 Å². The summed E-state index contributed by atoms with van der Waals surface area (Å²) in [6, 6.07) is 24.0. The highest BCUT2D eigenvalue weighted by Gasteiger charge is 2.18. The predicted molar refractivity (Wildman–Crippen MR) is 151 cm³/mol. The minimum absolute atomic E-state index is 0.0789. The maximum atomic E-state index is 13.3. The van der Waals surface area contributed by atoms with Crippen LogP contribution in [-0.4, -0.2) is 46.8 Å². The Morgan fingerprint density at radius 2 is 1.70 bits per heavy atom. The Balaban J connectivity index is 1.55. The number of fused-ring (bicyclic) bond motifs is 1. The summed E-state index contributed by atoms with van der Waals surface area (Å²) in [6.45, 7) is 1.41. The number of aryl methyl sites for hydroxylation is 3. The first-order valence-corrected chi connectivity index (χ1v) is 12.7. The van der Waals surface area contributed by atoms with E-state index in [1.165, 1.54) is 5.56 Å². The van der Waals surface area contributed by atoms with Gasteiger partial charge in [-0.25, -0.2) is 4.98 Å². The van der Waals surface area contributed by atoms with Crippen LogP contribution in [-0.2, 0) is 31.2 Å². The summed E-state index contributed by atoms with van der Waals surface area (Å²) in [5, 5.41) is 7.56. The van der Waals surface area contributed by atoms with E-state index in [0.29, 0.717) is 13.0 Å². The van der Waals surface area contributed by atoms with E-state index in [0.717, 1.165) is 59.5 Å². The summed E-state index contributed by atoms with van der Waals surface area (Å²) in [4.78, 5) is 22.2. The van der Waals surface area contributed by atoms with Crippen LogP contribution in [0.4, 0.5) is 5.69 Å². The second-order valence-electron chi connectivity index (χ2n) is 9.74. The van der Waals surface area contributed by atoms with Gasteiger partial charge in [-0.05, 0) is 62.8 Å². The van der Waals surface area contributed by atoms with Crippen LogP contribution in [0.5, 0.6) is 0 Å². The third kappa shape index (κ3) is 6.62. The molecule has 4 rings (SSSR count). The Kier molecular flexibility index (Phi) is 8.36. The Bertz CT molecular complexity index is 1360. The third-order valence-electron chi connectivity index (χ3n) is 6.65. The fraction of sp³-hybridized carbons (Fsp3) is 0.300. The monoisotopic (exact) mass is 496 g/mol. The molecule has 0 saturated heterocycles. The number of imidazole rings is 1. The van der Waals surface area contributed by atoms with Gasteiger partial charge in [0, 0.05) is 31.1 Å². The molecule has 1 amide bonds. The molecule has 0 aliphatic carbocycles. The van der Waals surface area contributed by atoms with Gasteiger partial charge in [-0.1, -0.05) is 54.6 Å². The van der Waals surface area contributed by atoms with Crippen LogP contribution in [0.2, 0.25) is 0 Å². The van der Waals surface area contributed by atoms with Crippen molar-refractivity contribution in [1.82, 2.24) is 14.5 Å². The van der Waals surface area contributed by atoms with Crippen molar-refractivity contribution < 1.29 is 4.79 Å². The highest BCUT2D eigenvalue weighted by Crippen LogP contribution is 2.25. The fourth-order valence-electron chi connectivity index (χ4n) is 4.51. The molecule has 0 saturated carbocycles. The molecule has 37 heavy (non-hydrogen) atoms. The normalized spacial score (nSPS) is 11.2. The molecule has 0 radical (unpaired) electrons. The standard InChI is InChI=1S/C30H36N6O/c1-34(2)19-7-10-29(37)36(21-23-8-5-4-6-9-23)25-16-17-27-26(20-25)33-28(35(27)3)18-13-22-11-14-24(15-12-22)30(31)32/h4-6,8-9,11-12,14-17,20H,7,10,13,18-19,21H2,1-3H3,(H3,31,32). The van der Waals surface area contributed by atoms with Gasteiger partial charge in [-0.2, -0.15) is 0 Å². The minimum Gasteiger partial charge on any atom is -0.384 e. The molecule has 3 N–H and O–H groups in total. The van der Waals surface area contributed by atoms with Crippen LogP contribution in [0, 0.1) is 5.41 Å². The summed E-state index contributed by atoms with van der Waals surface area (Å²) in [5.74, 6) is 1.19. The zero-order valence-electron chi connectivity index (χ0n) is 21.9. The molecule has 0 bridgehead atoms. The van der Waals surface area contributed by atoms with Gasteiger partial charge in [0.1, 0.15) is 11.7 Å². The first-order chi connectivity index (χ1) is 17.8. The van der Waals surface area contributed by atoms with Crippen LogP contribution >= 0.6 is 0 Å². The SMILES string of the molecule is CN(C)CCCC(=O)N(Cc1ccccc1)c1ccc2c(c1)nc(CCc1ccc(C(=N)N)cc1)n2C. The van der Waals surface area contributed by atoms with Crippen molar-refractivity contribution in [1.29, 1.82) is 5.41 Å². The molecular weight excluding hydrogens is 460 g/mol. The third-order valence-corrected chi connectivity index (χ3v) is 6.65. The molecule has 0 spiro atoms. The van der Waals surface area contributed by atoms with Crippen LogP contribution in [0.3, 0.4) is 0 Å². The van der Waals surface area contributed by atoms with E-state index < -0.39 is 0 Å². The molecule has 1 aromatic heterocycles. The highest BCUT2D eigenvalue weighted by atomic mass is 16.2. The van der Waals surface area contributed by atoms with E-state index >= 15 is 0 Å². The lowest BCUT2D eigenvalue weighted by atomic mass is 10.1. The van der Waals surface area contributed by atoms with E-state index in [1.807, 2.05) is 80.6 Å². The van der Waals surface area contributed by atoms with Gasteiger partial charge in [0.25, 0.3) is 0 Å². The van der Waals surface area contributed by atoms with Crippen LogP contribution < -0.4 is 10.6 Å². The Hall–Kier alpha value is -3.97. The first kappa shape index (κ1) is 26.1. The van der Waals surface area contributed by atoms with E-state index in [-0.39, 0.29) is 11.7 Å². The number of hydrogen-bond donors (Lipinski definition) is 2. The van der Waals surface area contributed by atoms with Crippen molar-refractivity contribution in [2.75, 3.05) is 25.5 Å². The summed E-state index contributed by atoms with van der Waals surface area (Å²) < 4.78 is 2.13. The molecule has 0 fully saturated rings. The molecule has 0 aliphatic heterocycles. The highest BCUT2D eigenvalue weighted by molar-refractivity contribution is 5.95.